The van der Waals surface area contributed by atoms with Crippen LogP contribution in [0, 0.1) is 5.41 Å². The molecular formula is C15H24N2O2. The molecule has 0 radical (unpaired) electrons. The van der Waals surface area contributed by atoms with Gasteiger partial charge in [-0.05, 0) is 32.6 Å². The number of imide groups is 1. The van der Waals surface area contributed by atoms with Gasteiger partial charge < -0.3 is 0 Å². The number of hydrogen-bond donors (Lipinski definition) is 0. The molecule has 0 aromatic rings. The van der Waals surface area contributed by atoms with Crippen molar-refractivity contribution in [1.29, 1.82) is 0 Å². The predicted molar refractivity (Wildman–Crippen MR) is 72.3 cm³/mol. The van der Waals surface area contributed by atoms with Crippen LogP contribution in [-0.4, -0.2) is 40.9 Å². The lowest BCUT2D eigenvalue weighted by molar-refractivity contribution is -0.144. The highest BCUT2D eigenvalue weighted by Crippen LogP contribution is 2.46. The van der Waals surface area contributed by atoms with E-state index in [0.717, 1.165) is 32.2 Å². The Labute approximate surface area is 115 Å². The second-order valence-electron chi connectivity index (χ2n) is 6.59. The van der Waals surface area contributed by atoms with E-state index in [1.54, 1.807) is 4.90 Å². The topological polar surface area (TPSA) is 40.6 Å². The summed E-state index contributed by atoms with van der Waals surface area (Å²) in [7, 11) is 0. The summed E-state index contributed by atoms with van der Waals surface area (Å²) < 4.78 is 0. The van der Waals surface area contributed by atoms with Crippen molar-refractivity contribution in [1.82, 2.24) is 9.80 Å². The summed E-state index contributed by atoms with van der Waals surface area (Å²) in [5.41, 5.74) is -0.309. The first-order valence-electron chi connectivity index (χ1n) is 7.71. The normalized spacial score (nSPS) is 31.6. The van der Waals surface area contributed by atoms with Gasteiger partial charge in [-0.2, -0.15) is 0 Å². The number of likely N-dealkylation sites (tertiary alicyclic amines) is 2. The van der Waals surface area contributed by atoms with E-state index in [0.29, 0.717) is 19.1 Å². The molecule has 1 atom stereocenters. The smallest absolute Gasteiger partial charge is 0.237 e. The van der Waals surface area contributed by atoms with Crippen LogP contribution < -0.4 is 0 Å². The lowest BCUT2D eigenvalue weighted by Gasteiger charge is -2.35. The van der Waals surface area contributed by atoms with E-state index in [4.69, 9.17) is 0 Å². The van der Waals surface area contributed by atoms with E-state index in [9.17, 15) is 9.59 Å². The second kappa shape index (κ2) is 4.89. The number of nitrogens with zero attached hydrogens (tertiary/aromatic N) is 2. The number of piperidine rings is 1. The minimum atomic E-state index is -0.309. The summed E-state index contributed by atoms with van der Waals surface area (Å²) in [6.45, 7) is 3.75. The van der Waals surface area contributed by atoms with Gasteiger partial charge in [0.2, 0.25) is 11.8 Å². The summed E-state index contributed by atoms with van der Waals surface area (Å²) >= 11 is 0. The monoisotopic (exact) mass is 264 g/mol. The maximum Gasteiger partial charge on any atom is 0.237 e. The van der Waals surface area contributed by atoms with Crippen molar-refractivity contribution in [3.05, 3.63) is 0 Å². The van der Waals surface area contributed by atoms with Gasteiger partial charge in [0.1, 0.15) is 0 Å². The molecule has 1 spiro atoms. The number of amides is 2. The number of rotatable bonds is 2. The van der Waals surface area contributed by atoms with Gasteiger partial charge >= 0.3 is 0 Å². The third kappa shape index (κ3) is 2.20. The highest BCUT2D eigenvalue weighted by Gasteiger charge is 2.52. The van der Waals surface area contributed by atoms with E-state index in [-0.39, 0.29) is 17.2 Å². The molecule has 19 heavy (non-hydrogen) atoms. The van der Waals surface area contributed by atoms with Crippen LogP contribution in [0.25, 0.3) is 0 Å². The average Bonchev–Trinajstić information content (AvgIpc) is 2.94. The van der Waals surface area contributed by atoms with Crippen molar-refractivity contribution >= 4 is 11.8 Å². The third-order valence-corrected chi connectivity index (χ3v) is 5.31. The molecule has 0 bridgehead atoms. The first-order chi connectivity index (χ1) is 9.12. The molecular weight excluding hydrogens is 240 g/mol. The Morgan fingerprint density at radius 2 is 1.89 bits per heavy atom. The molecule has 2 amide bonds. The van der Waals surface area contributed by atoms with Crippen LogP contribution >= 0.6 is 0 Å². The number of carbonyl (C=O) groups is 2. The molecule has 3 aliphatic rings. The van der Waals surface area contributed by atoms with E-state index in [1.807, 2.05) is 0 Å². The minimum absolute atomic E-state index is 0.0599. The minimum Gasteiger partial charge on any atom is -0.283 e. The molecule has 2 saturated heterocycles. The van der Waals surface area contributed by atoms with Crippen molar-refractivity contribution in [3.8, 4) is 0 Å². The number of hydrogen-bond acceptors (Lipinski definition) is 3. The van der Waals surface area contributed by atoms with Crippen molar-refractivity contribution in [3.63, 3.8) is 0 Å². The van der Waals surface area contributed by atoms with Crippen molar-refractivity contribution in [2.24, 2.45) is 5.41 Å². The van der Waals surface area contributed by atoms with Crippen LogP contribution in [0.3, 0.4) is 0 Å². The molecule has 0 N–H and O–H groups in total. The molecule has 4 nitrogen and oxygen atoms in total. The van der Waals surface area contributed by atoms with Gasteiger partial charge in [-0.25, -0.2) is 0 Å². The van der Waals surface area contributed by atoms with Gasteiger partial charge in [0.25, 0.3) is 0 Å². The summed E-state index contributed by atoms with van der Waals surface area (Å²) in [5.74, 6) is 0.178. The average molecular weight is 264 g/mol. The highest BCUT2D eigenvalue weighted by molar-refractivity contribution is 6.06. The molecule has 3 fully saturated rings. The summed E-state index contributed by atoms with van der Waals surface area (Å²) in [6, 6.07) is 0.495. The fourth-order valence-electron chi connectivity index (χ4n) is 3.99. The Kier molecular flexibility index (Phi) is 3.37. The third-order valence-electron chi connectivity index (χ3n) is 5.31. The Morgan fingerprint density at radius 3 is 2.58 bits per heavy atom. The fraction of sp³-hybridized carbons (Fsp3) is 0.867. The van der Waals surface area contributed by atoms with Gasteiger partial charge in [-0.1, -0.05) is 19.3 Å². The largest absolute Gasteiger partial charge is 0.283 e. The van der Waals surface area contributed by atoms with E-state index in [2.05, 4.69) is 11.8 Å². The first kappa shape index (κ1) is 13.1. The molecule has 1 unspecified atom stereocenters. The summed E-state index contributed by atoms with van der Waals surface area (Å²) in [4.78, 5) is 28.7. The SMILES string of the molecule is CC1CCCCN1CN1C(=O)CC2(CCCC2)C1=O. The molecule has 3 rings (SSSR count). The Balaban J connectivity index is 1.70. The second-order valence-corrected chi connectivity index (χ2v) is 6.59. The van der Waals surface area contributed by atoms with Gasteiger partial charge in [-0.3, -0.25) is 19.4 Å². The zero-order chi connectivity index (χ0) is 13.5. The summed E-state index contributed by atoms with van der Waals surface area (Å²) in [5, 5.41) is 0. The van der Waals surface area contributed by atoms with Crippen LogP contribution in [0.15, 0.2) is 0 Å². The van der Waals surface area contributed by atoms with E-state index >= 15 is 0 Å². The Hall–Kier alpha value is -0.900. The molecule has 0 aromatic carbocycles. The Bertz CT molecular complexity index is 388. The van der Waals surface area contributed by atoms with E-state index < -0.39 is 0 Å². The van der Waals surface area contributed by atoms with Crippen LogP contribution in [0.4, 0.5) is 0 Å². The fourth-order valence-corrected chi connectivity index (χ4v) is 3.99. The maximum absolute atomic E-state index is 12.6. The maximum atomic E-state index is 12.6. The van der Waals surface area contributed by atoms with Crippen molar-refractivity contribution in [2.75, 3.05) is 13.2 Å². The highest BCUT2D eigenvalue weighted by atomic mass is 16.2. The standard InChI is InChI=1S/C15H24N2O2/c1-12-6-2-5-9-16(12)11-17-13(18)10-15(14(17)19)7-3-4-8-15/h12H,2-11H2,1H3. The van der Waals surface area contributed by atoms with Gasteiger partial charge in [0, 0.05) is 19.0 Å². The lowest BCUT2D eigenvalue weighted by atomic mass is 9.85. The zero-order valence-electron chi connectivity index (χ0n) is 11.9. The quantitative estimate of drug-likeness (QED) is 0.717. The molecule has 1 aliphatic carbocycles. The molecule has 2 heterocycles. The van der Waals surface area contributed by atoms with Gasteiger partial charge in [-0.15, -0.1) is 0 Å². The number of carbonyl (C=O) groups excluding carboxylic acids is 2. The van der Waals surface area contributed by atoms with Crippen molar-refractivity contribution < 1.29 is 9.59 Å². The lowest BCUT2D eigenvalue weighted by Crippen LogP contribution is -2.48. The van der Waals surface area contributed by atoms with Crippen molar-refractivity contribution in [2.45, 2.75) is 64.3 Å². The van der Waals surface area contributed by atoms with Crippen LogP contribution in [0.2, 0.25) is 0 Å². The molecule has 1 saturated carbocycles. The zero-order valence-corrected chi connectivity index (χ0v) is 11.9. The van der Waals surface area contributed by atoms with Crippen LogP contribution in [0.5, 0.6) is 0 Å². The predicted octanol–water partition coefficient (Wildman–Crippen LogP) is 2.14. The van der Waals surface area contributed by atoms with Gasteiger partial charge in [0.15, 0.2) is 0 Å². The molecule has 4 heteroatoms. The summed E-state index contributed by atoms with van der Waals surface area (Å²) in [6.07, 6.45) is 8.15. The van der Waals surface area contributed by atoms with Crippen LogP contribution in [-0.2, 0) is 9.59 Å². The van der Waals surface area contributed by atoms with E-state index in [1.165, 1.54) is 19.3 Å². The Morgan fingerprint density at radius 1 is 1.16 bits per heavy atom. The first-order valence-corrected chi connectivity index (χ1v) is 7.71. The molecule has 2 aliphatic heterocycles. The van der Waals surface area contributed by atoms with Gasteiger partial charge in [0.05, 0.1) is 12.1 Å². The molecule has 106 valence electrons. The molecule has 0 aromatic heterocycles. The van der Waals surface area contributed by atoms with Crippen LogP contribution in [0.1, 0.15) is 58.3 Å².